The van der Waals surface area contributed by atoms with E-state index in [-0.39, 0.29) is 0 Å². The van der Waals surface area contributed by atoms with Gasteiger partial charge in [0.15, 0.2) is 0 Å². The van der Waals surface area contributed by atoms with Gasteiger partial charge in [-0.1, -0.05) is 26.1 Å². The molecule has 1 saturated carbocycles. The molecule has 0 spiro atoms. The molecule has 1 fully saturated rings. The zero-order chi connectivity index (χ0) is 11.1. The highest BCUT2D eigenvalue weighted by Crippen LogP contribution is 2.46. The topological polar surface area (TPSA) is 50.9 Å². The molecule has 4 heteroatoms. The molecular formula is C11H15N3S. The number of anilines is 1. The molecule has 0 aromatic carbocycles. The molecule has 1 aliphatic carbocycles. The number of pyridine rings is 1. The monoisotopic (exact) mass is 221 g/mol. The maximum absolute atomic E-state index is 5.49. The maximum atomic E-state index is 5.49. The summed E-state index contributed by atoms with van der Waals surface area (Å²) in [7, 11) is 0. The Kier molecular flexibility index (Phi) is 2.38. The molecule has 1 atom stereocenters. The molecular weight excluding hydrogens is 206 g/mol. The van der Waals surface area contributed by atoms with Gasteiger partial charge in [0, 0.05) is 17.8 Å². The molecule has 3 N–H and O–H groups in total. The third-order valence-corrected chi connectivity index (χ3v) is 3.12. The molecule has 3 nitrogen and oxygen atoms in total. The van der Waals surface area contributed by atoms with Crippen LogP contribution in [0.15, 0.2) is 18.3 Å². The Morgan fingerprint density at radius 2 is 2.27 bits per heavy atom. The second-order valence-electron chi connectivity index (χ2n) is 4.69. The van der Waals surface area contributed by atoms with Crippen LogP contribution < -0.4 is 11.1 Å². The fourth-order valence-electron chi connectivity index (χ4n) is 1.52. The number of nitrogens with zero attached hydrogens (tertiary/aromatic N) is 1. The van der Waals surface area contributed by atoms with E-state index in [1.165, 1.54) is 6.42 Å². The van der Waals surface area contributed by atoms with Crippen molar-refractivity contribution in [2.75, 3.05) is 5.32 Å². The summed E-state index contributed by atoms with van der Waals surface area (Å²) in [5, 5.41) is 3.38. The molecule has 1 aromatic rings. The number of hydrogen-bond donors (Lipinski definition) is 2. The summed E-state index contributed by atoms with van der Waals surface area (Å²) in [6, 6.07) is 4.36. The van der Waals surface area contributed by atoms with Gasteiger partial charge in [-0.05, 0) is 24.0 Å². The van der Waals surface area contributed by atoms with Crippen molar-refractivity contribution in [3.8, 4) is 0 Å². The molecule has 80 valence electrons. The average Bonchev–Trinajstić information content (AvgIpc) is 2.74. The van der Waals surface area contributed by atoms with Gasteiger partial charge in [0.25, 0.3) is 0 Å². The summed E-state index contributed by atoms with van der Waals surface area (Å²) in [4.78, 5) is 4.66. The van der Waals surface area contributed by atoms with Gasteiger partial charge in [-0.2, -0.15) is 0 Å². The standard InChI is InChI=1S/C11H15N3S/c1-11(2)5-8(11)14-9-4-3-7(6-13-9)10(12)15/h3-4,6,8H,5H2,1-2H3,(H2,12,15)(H,13,14). The van der Waals surface area contributed by atoms with E-state index in [4.69, 9.17) is 18.0 Å². The molecule has 0 amide bonds. The zero-order valence-electron chi connectivity index (χ0n) is 8.95. The minimum absolute atomic E-state index is 0.390. The van der Waals surface area contributed by atoms with E-state index in [0.29, 0.717) is 16.4 Å². The highest BCUT2D eigenvalue weighted by molar-refractivity contribution is 7.80. The van der Waals surface area contributed by atoms with Crippen LogP contribution in [0.25, 0.3) is 0 Å². The minimum atomic E-state index is 0.390. The maximum Gasteiger partial charge on any atom is 0.126 e. The fourth-order valence-corrected chi connectivity index (χ4v) is 1.64. The van der Waals surface area contributed by atoms with Gasteiger partial charge in [0.1, 0.15) is 10.8 Å². The minimum Gasteiger partial charge on any atom is -0.389 e. The first-order chi connectivity index (χ1) is 6.99. The van der Waals surface area contributed by atoms with Crippen molar-refractivity contribution in [2.24, 2.45) is 11.1 Å². The number of aromatic nitrogens is 1. The lowest BCUT2D eigenvalue weighted by molar-refractivity contribution is 0.630. The summed E-state index contributed by atoms with van der Waals surface area (Å²) in [5.41, 5.74) is 6.71. The van der Waals surface area contributed by atoms with Crippen LogP contribution in [0.1, 0.15) is 25.8 Å². The SMILES string of the molecule is CC1(C)CC1Nc1ccc(C(N)=S)cn1. The van der Waals surface area contributed by atoms with Crippen molar-refractivity contribution in [3.05, 3.63) is 23.9 Å². The van der Waals surface area contributed by atoms with E-state index in [9.17, 15) is 0 Å². The number of hydrogen-bond acceptors (Lipinski definition) is 3. The van der Waals surface area contributed by atoms with Gasteiger partial charge in [0.2, 0.25) is 0 Å². The summed E-state index contributed by atoms with van der Waals surface area (Å²) in [5.74, 6) is 0.894. The highest BCUT2D eigenvalue weighted by Gasteiger charge is 2.45. The third-order valence-electron chi connectivity index (χ3n) is 2.88. The Labute approximate surface area is 95.1 Å². The van der Waals surface area contributed by atoms with E-state index < -0.39 is 0 Å². The van der Waals surface area contributed by atoms with Gasteiger partial charge >= 0.3 is 0 Å². The second kappa shape index (κ2) is 3.45. The number of thiocarbonyl (C=S) groups is 1. The van der Waals surface area contributed by atoms with Gasteiger partial charge in [0.05, 0.1) is 0 Å². The molecule has 1 aliphatic rings. The summed E-state index contributed by atoms with van der Waals surface area (Å²) >= 11 is 4.86. The van der Waals surface area contributed by atoms with Crippen LogP contribution in [0.3, 0.4) is 0 Å². The smallest absolute Gasteiger partial charge is 0.126 e. The predicted octanol–water partition coefficient (Wildman–Crippen LogP) is 1.93. The third kappa shape index (κ3) is 2.26. The average molecular weight is 221 g/mol. The Balaban J connectivity index is 2.02. The number of nitrogens with two attached hydrogens (primary N) is 1. The molecule has 2 rings (SSSR count). The van der Waals surface area contributed by atoms with Crippen LogP contribution >= 0.6 is 12.2 Å². The largest absolute Gasteiger partial charge is 0.389 e. The molecule has 1 heterocycles. The molecule has 0 saturated heterocycles. The fraction of sp³-hybridized carbons (Fsp3) is 0.455. The number of rotatable bonds is 3. The van der Waals surface area contributed by atoms with Crippen LogP contribution in [0.5, 0.6) is 0 Å². The van der Waals surface area contributed by atoms with E-state index in [1.54, 1.807) is 6.20 Å². The Hall–Kier alpha value is -1.16. The van der Waals surface area contributed by atoms with Crippen molar-refractivity contribution in [1.29, 1.82) is 0 Å². The molecule has 1 aromatic heterocycles. The van der Waals surface area contributed by atoms with Crippen LogP contribution in [0, 0.1) is 5.41 Å². The van der Waals surface area contributed by atoms with Crippen molar-refractivity contribution in [3.63, 3.8) is 0 Å². The van der Waals surface area contributed by atoms with Crippen molar-refractivity contribution in [1.82, 2.24) is 4.98 Å². The predicted molar refractivity (Wildman–Crippen MR) is 65.9 cm³/mol. The van der Waals surface area contributed by atoms with Crippen molar-refractivity contribution < 1.29 is 0 Å². The molecule has 1 unspecified atom stereocenters. The molecule has 0 bridgehead atoms. The lowest BCUT2D eigenvalue weighted by Gasteiger charge is -2.07. The van der Waals surface area contributed by atoms with Gasteiger partial charge < -0.3 is 11.1 Å². The van der Waals surface area contributed by atoms with Crippen LogP contribution in [-0.2, 0) is 0 Å². The Bertz CT molecular complexity index is 383. The quantitative estimate of drug-likeness (QED) is 0.766. The van der Waals surface area contributed by atoms with E-state index in [1.807, 2.05) is 12.1 Å². The summed E-state index contributed by atoms with van der Waals surface area (Å²) < 4.78 is 0. The van der Waals surface area contributed by atoms with E-state index in [2.05, 4.69) is 24.1 Å². The van der Waals surface area contributed by atoms with E-state index >= 15 is 0 Å². The van der Waals surface area contributed by atoms with Crippen molar-refractivity contribution >= 4 is 23.0 Å². The second-order valence-corrected chi connectivity index (χ2v) is 5.13. The van der Waals surface area contributed by atoms with Crippen LogP contribution in [0.4, 0.5) is 5.82 Å². The van der Waals surface area contributed by atoms with Gasteiger partial charge in [-0.25, -0.2) is 4.98 Å². The number of nitrogens with one attached hydrogen (secondary N) is 1. The first-order valence-electron chi connectivity index (χ1n) is 5.01. The highest BCUT2D eigenvalue weighted by atomic mass is 32.1. The lowest BCUT2D eigenvalue weighted by atomic mass is 10.2. The van der Waals surface area contributed by atoms with Gasteiger partial charge in [-0.15, -0.1) is 0 Å². The summed E-state index contributed by atoms with van der Waals surface area (Å²) in [6.07, 6.45) is 2.91. The first-order valence-corrected chi connectivity index (χ1v) is 5.42. The Morgan fingerprint density at radius 1 is 1.60 bits per heavy atom. The zero-order valence-corrected chi connectivity index (χ0v) is 9.77. The van der Waals surface area contributed by atoms with Gasteiger partial charge in [-0.3, -0.25) is 0 Å². The molecule has 15 heavy (non-hydrogen) atoms. The van der Waals surface area contributed by atoms with Crippen molar-refractivity contribution in [2.45, 2.75) is 26.3 Å². The van der Waals surface area contributed by atoms with E-state index in [0.717, 1.165) is 11.4 Å². The lowest BCUT2D eigenvalue weighted by Crippen LogP contribution is -2.12. The summed E-state index contributed by atoms with van der Waals surface area (Å²) in [6.45, 7) is 4.49. The normalized spacial score (nSPS) is 22.1. The molecule has 0 radical (unpaired) electrons. The van der Waals surface area contributed by atoms with Crippen LogP contribution in [-0.4, -0.2) is 16.0 Å². The Morgan fingerprint density at radius 3 is 2.67 bits per heavy atom. The molecule has 0 aliphatic heterocycles. The van der Waals surface area contributed by atoms with Crippen LogP contribution in [0.2, 0.25) is 0 Å². The first kappa shape index (κ1) is 10.4.